The molecule has 0 spiro atoms. The van der Waals surface area contributed by atoms with E-state index in [9.17, 15) is 8.42 Å². The highest BCUT2D eigenvalue weighted by molar-refractivity contribution is 7.92. The third kappa shape index (κ3) is 1.67. The number of ether oxygens (including phenoxy) is 1. The van der Waals surface area contributed by atoms with Gasteiger partial charge in [0.25, 0.3) is 0 Å². The number of sulfone groups is 1. The zero-order chi connectivity index (χ0) is 10.0. The molecule has 0 saturated carbocycles. The largest absolute Gasteiger partial charge is 0.380 e. The molecule has 1 unspecified atom stereocenters. The third-order valence-electron chi connectivity index (χ3n) is 2.40. The van der Waals surface area contributed by atoms with Gasteiger partial charge in [0.1, 0.15) is 0 Å². The first kappa shape index (κ1) is 9.68. The van der Waals surface area contributed by atoms with Crippen LogP contribution in [-0.4, -0.2) is 26.9 Å². The van der Waals surface area contributed by atoms with Gasteiger partial charge in [-0.25, -0.2) is 8.42 Å². The van der Waals surface area contributed by atoms with Crippen molar-refractivity contribution in [3.05, 3.63) is 30.3 Å². The Labute approximate surface area is 83.6 Å². The van der Waals surface area contributed by atoms with Crippen LogP contribution in [0.3, 0.4) is 0 Å². The van der Waals surface area contributed by atoms with Crippen LogP contribution in [0.4, 0.5) is 0 Å². The van der Waals surface area contributed by atoms with Gasteiger partial charge >= 0.3 is 0 Å². The molecule has 0 aromatic heterocycles. The summed E-state index contributed by atoms with van der Waals surface area (Å²) in [6.45, 7) is 0.883. The van der Waals surface area contributed by atoms with Crippen molar-refractivity contribution in [2.45, 2.75) is 16.6 Å². The van der Waals surface area contributed by atoms with E-state index in [1.54, 1.807) is 24.3 Å². The molecule has 14 heavy (non-hydrogen) atoms. The van der Waals surface area contributed by atoms with Gasteiger partial charge in [0.15, 0.2) is 9.84 Å². The van der Waals surface area contributed by atoms with Crippen LogP contribution >= 0.6 is 0 Å². The lowest BCUT2D eigenvalue weighted by molar-refractivity contribution is 0.198. The first-order chi connectivity index (χ1) is 6.71. The zero-order valence-corrected chi connectivity index (χ0v) is 8.53. The molecular formula is C10H12O3S. The molecule has 1 atom stereocenters. The predicted molar refractivity (Wildman–Crippen MR) is 52.9 cm³/mol. The molecule has 1 aromatic carbocycles. The molecule has 0 amide bonds. The fraction of sp³-hybridized carbons (Fsp3) is 0.400. The second-order valence-corrected chi connectivity index (χ2v) is 5.57. The molecule has 3 nitrogen and oxygen atoms in total. The van der Waals surface area contributed by atoms with Crippen molar-refractivity contribution in [3.63, 3.8) is 0 Å². The van der Waals surface area contributed by atoms with Gasteiger partial charge in [-0.3, -0.25) is 0 Å². The van der Waals surface area contributed by atoms with Gasteiger partial charge in [-0.05, 0) is 18.6 Å². The molecule has 1 aliphatic rings. The van der Waals surface area contributed by atoms with Gasteiger partial charge in [-0.15, -0.1) is 0 Å². The highest BCUT2D eigenvalue weighted by Gasteiger charge is 2.30. The molecule has 1 aliphatic heterocycles. The van der Waals surface area contributed by atoms with Crippen molar-refractivity contribution in [2.75, 3.05) is 13.2 Å². The highest BCUT2D eigenvalue weighted by Crippen LogP contribution is 2.21. The van der Waals surface area contributed by atoms with Crippen LogP contribution in [0.25, 0.3) is 0 Å². The summed E-state index contributed by atoms with van der Waals surface area (Å²) in [7, 11) is -3.16. The monoisotopic (exact) mass is 212 g/mol. The van der Waals surface area contributed by atoms with E-state index in [-0.39, 0.29) is 5.25 Å². The summed E-state index contributed by atoms with van der Waals surface area (Å²) in [6, 6.07) is 8.55. The Balaban J connectivity index is 2.33. The van der Waals surface area contributed by atoms with Crippen molar-refractivity contribution < 1.29 is 13.2 Å². The van der Waals surface area contributed by atoms with Gasteiger partial charge < -0.3 is 4.74 Å². The van der Waals surface area contributed by atoms with Crippen molar-refractivity contribution in [2.24, 2.45) is 0 Å². The molecule has 4 heteroatoms. The van der Waals surface area contributed by atoms with E-state index in [0.717, 1.165) is 0 Å². The lowest BCUT2D eigenvalue weighted by Crippen LogP contribution is -2.21. The Hall–Kier alpha value is -0.870. The highest BCUT2D eigenvalue weighted by atomic mass is 32.2. The van der Waals surface area contributed by atoms with Gasteiger partial charge in [0.05, 0.1) is 16.8 Å². The summed E-state index contributed by atoms with van der Waals surface area (Å²) in [4.78, 5) is 0.399. The van der Waals surface area contributed by atoms with Crippen LogP contribution in [0.2, 0.25) is 0 Å². The normalized spacial score (nSPS) is 22.4. The minimum Gasteiger partial charge on any atom is -0.380 e. The Bertz CT molecular complexity index is 391. The summed E-state index contributed by atoms with van der Waals surface area (Å²) in [5.74, 6) is 0. The van der Waals surface area contributed by atoms with Crippen molar-refractivity contribution in [1.82, 2.24) is 0 Å². The molecule has 2 rings (SSSR count). The minimum absolute atomic E-state index is 0.331. The molecule has 0 aliphatic carbocycles. The van der Waals surface area contributed by atoms with Crippen LogP contribution in [0.15, 0.2) is 35.2 Å². The molecule has 0 N–H and O–H groups in total. The van der Waals surface area contributed by atoms with E-state index in [1.807, 2.05) is 6.07 Å². The first-order valence-electron chi connectivity index (χ1n) is 4.58. The van der Waals surface area contributed by atoms with Crippen LogP contribution in [-0.2, 0) is 14.6 Å². The van der Waals surface area contributed by atoms with Crippen LogP contribution in [0, 0.1) is 0 Å². The Morgan fingerprint density at radius 3 is 2.50 bits per heavy atom. The van der Waals surface area contributed by atoms with E-state index in [1.165, 1.54) is 0 Å². The topological polar surface area (TPSA) is 43.4 Å². The summed E-state index contributed by atoms with van der Waals surface area (Å²) in [5, 5.41) is -0.357. The summed E-state index contributed by atoms with van der Waals surface area (Å²) in [6.07, 6.45) is 0.608. The zero-order valence-electron chi connectivity index (χ0n) is 7.72. The summed E-state index contributed by atoms with van der Waals surface area (Å²) in [5.41, 5.74) is 0. The average Bonchev–Trinajstić information content (AvgIpc) is 2.72. The SMILES string of the molecule is O=S(=O)(c1ccccc1)C1CCOC1. The maximum absolute atomic E-state index is 12.0. The van der Waals surface area contributed by atoms with E-state index < -0.39 is 9.84 Å². The lowest BCUT2D eigenvalue weighted by Gasteiger charge is -2.08. The second kappa shape index (κ2) is 3.71. The van der Waals surface area contributed by atoms with Gasteiger partial charge in [0.2, 0.25) is 0 Å². The summed E-state index contributed by atoms with van der Waals surface area (Å²) < 4.78 is 29.0. The molecule has 76 valence electrons. The fourth-order valence-electron chi connectivity index (χ4n) is 1.56. The molecule has 0 bridgehead atoms. The van der Waals surface area contributed by atoms with E-state index in [4.69, 9.17) is 4.74 Å². The van der Waals surface area contributed by atoms with Crippen LogP contribution in [0.1, 0.15) is 6.42 Å². The van der Waals surface area contributed by atoms with Gasteiger partial charge in [-0.2, -0.15) is 0 Å². The molecule has 1 heterocycles. The smallest absolute Gasteiger partial charge is 0.183 e. The standard InChI is InChI=1S/C10H12O3S/c11-14(12,10-6-7-13-8-10)9-4-2-1-3-5-9/h1-5,10H,6-8H2. The molecule has 0 radical (unpaired) electrons. The predicted octanol–water partition coefficient (Wildman–Crippen LogP) is 1.25. The van der Waals surface area contributed by atoms with Crippen molar-refractivity contribution >= 4 is 9.84 Å². The van der Waals surface area contributed by atoms with E-state index in [0.29, 0.717) is 24.5 Å². The number of rotatable bonds is 2. The van der Waals surface area contributed by atoms with E-state index in [2.05, 4.69) is 0 Å². The van der Waals surface area contributed by atoms with Crippen LogP contribution in [0.5, 0.6) is 0 Å². The maximum atomic E-state index is 12.0. The third-order valence-corrected chi connectivity index (χ3v) is 4.58. The molecular weight excluding hydrogens is 200 g/mol. The number of hydrogen-bond acceptors (Lipinski definition) is 3. The number of hydrogen-bond donors (Lipinski definition) is 0. The van der Waals surface area contributed by atoms with Crippen LogP contribution < -0.4 is 0 Å². The molecule has 1 saturated heterocycles. The molecule has 1 aromatic rings. The lowest BCUT2D eigenvalue weighted by atomic mass is 10.4. The Morgan fingerprint density at radius 2 is 1.93 bits per heavy atom. The Kier molecular flexibility index (Phi) is 2.56. The quantitative estimate of drug-likeness (QED) is 0.741. The first-order valence-corrected chi connectivity index (χ1v) is 6.12. The fourth-order valence-corrected chi connectivity index (χ4v) is 3.16. The maximum Gasteiger partial charge on any atom is 0.183 e. The van der Waals surface area contributed by atoms with Crippen molar-refractivity contribution in [1.29, 1.82) is 0 Å². The van der Waals surface area contributed by atoms with Gasteiger partial charge in [-0.1, -0.05) is 18.2 Å². The minimum atomic E-state index is -3.16. The average molecular weight is 212 g/mol. The van der Waals surface area contributed by atoms with Crippen molar-refractivity contribution in [3.8, 4) is 0 Å². The molecule has 1 fully saturated rings. The van der Waals surface area contributed by atoms with Gasteiger partial charge in [0, 0.05) is 6.61 Å². The Morgan fingerprint density at radius 1 is 1.21 bits per heavy atom. The number of benzene rings is 1. The summed E-state index contributed by atoms with van der Waals surface area (Å²) >= 11 is 0. The van der Waals surface area contributed by atoms with E-state index >= 15 is 0 Å². The second-order valence-electron chi connectivity index (χ2n) is 3.34.